The highest BCUT2D eigenvalue weighted by molar-refractivity contribution is 5.82. The van der Waals surface area contributed by atoms with Crippen LogP contribution in [0.15, 0.2) is 52.9 Å². The maximum atomic E-state index is 12.6. The Morgan fingerprint density at radius 3 is 2.71 bits per heavy atom. The maximum Gasteiger partial charge on any atom is 0.119 e. The van der Waals surface area contributed by atoms with Crippen molar-refractivity contribution < 1.29 is 4.48 Å². The summed E-state index contributed by atoms with van der Waals surface area (Å²) in [7, 11) is 1.31. The van der Waals surface area contributed by atoms with Crippen molar-refractivity contribution in [3.8, 4) is 0 Å². The lowest BCUT2D eigenvalue weighted by molar-refractivity contribution is 0.0648. The number of nitrogens with two attached hydrogens (primary N) is 1. The average molecular weight is 331 g/mol. The molecule has 1 aromatic heterocycles. The molecule has 0 saturated carbocycles. The van der Waals surface area contributed by atoms with E-state index in [0.717, 1.165) is 16.8 Å². The molecule has 0 unspecified atom stereocenters. The number of aromatic nitrogens is 1. The van der Waals surface area contributed by atoms with Gasteiger partial charge in [-0.2, -0.15) is 0 Å². The Kier molecular flexibility index (Phi) is 11.5. The Labute approximate surface area is 143 Å². The zero-order valence-corrected chi connectivity index (χ0v) is 14.8. The molecule has 0 bridgehead atoms. The summed E-state index contributed by atoms with van der Waals surface area (Å²) in [6.45, 7) is 8.93. The number of halogens is 1. The highest BCUT2D eigenvalue weighted by Crippen LogP contribution is 2.08. The predicted molar refractivity (Wildman–Crippen MR) is 102 cm³/mol. The third kappa shape index (κ3) is 10.2. The van der Waals surface area contributed by atoms with Crippen molar-refractivity contribution >= 4 is 18.5 Å². The van der Waals surface area contributed by atoms with Crippen LogP contribution in [0.5, 0.6) is 0 Å². The summed E-state index contributed by atoms with van der Waals surface area (Å²) < 4.78 is 12.6. The SMILES string of the molecule is C=CC.CC=N/C=C(N)\C=C\c1cnc(C)c(/C=N\CN(C)F)c1. The normalized spacial score (nSPS) is 12.2. The second-order valence-corrected chi connectivity index (χ2v) is 4.78. The number of hydrogen-bond acceptors (Lipinski definition) is 5. The quantitative estimate of drug-likeness (QED) is 0.374. The van der Waals surface area contributed by atoms with E-state index in [1.807, 2.05) is 32.9 Å². The first kappa shape index (κ1) is 21.4. The molecule has 0 amide bonds. The molecule has 0 aliphatic carbocycles. The molecule has 130 valence electrons. The van der Waals surface area contributed by atoms with Crippen LogP contribution in [0.1, 0.15) is 30.7 Å². The van der Waals surface area contributed by atoms with Gasteiger partial charge >= 0.3 is 0 Å². The number of hydrogen-bond donors (Lipinski definition) is 1. The average Bonchev–Trinajstić information content (AvgIpc) is 2.53. The minimum Gasteiger partial charge on any atom is -0.397 e. The minimum atomic E-state index is -0.00971. The van der Waals surface area contributed by atoms with E-state index in [4.69, 9.17) is 5.73 Å². The van der Waals surface area contributed by atoms with Gasteiger partial charge in [0.05, 0.1) is 0 Å². The van der Waals surface area contributed by atoms with E-state index >= 15 is 0 Å². The van der Waals surface area contributed by atoms with Crippen molar-refractivity contribution in [1.29, 1.82) is 0 Å². The fourth-order valence-electron chi connectivity index (χ4n) is 1.44. The first-order valence-corrected chi connectivity index (χ1v) is 7.46. The van der Waals surface area contributed by atoms with Gasteiger partial charge in [0.1, 0.15) is 6.67 Å². The molecule has 0 saturated heterocycles. The molecular weight excluding hydrogens is 305 g/mol. The molecule has 0 radical (unpaired) electrons. The molecule has 0 spiro atoms. The smallest absolute Gasteiger partial charge is 0.119 e. The van der Waals surface area contributed by atoms with Crippen LogP contribution in [-0.2, 0) is 0 Å². The van der Waals surface area contributed by atoms with Crippen molar-refractivity contribution in [2.75, 3.05) is 13.7 Å². The molecule has 2 N–H and O–H groups in total. The van der Waals surface area contributed by atoms with Crippen LogP contribution in [0.2, 0.25) is 0 Å². The van der Waals surface area contributed by atoms with Crippen molar-refractivity contribution in [3.63, 3.8) is 0 Å². The van der Waals surface area contributed by atoms with Gasteiger partial charge in [-0.05, 0) is 38.5 Å². The fraction of sp³-hybridized carbons (Fsp3) is 0.278. The standard InChI is InChI=1S/C15H20FN5.C3H6/c1-4-18-10-15(17)6-5-13-7-14(12(2)20-8-13)9-19-11-21(3)16;1-3-2/h4-10H,11,17H2,1-3H3;3H,1H2,2H3/b6-5+,15-10+,18-4?,19-9-;. The monoisotopic (exact) mass is 331 g/mol. The molecule has 0 aromatic carbocycles. The lowest BCUT2D eigenvalue weighted by Crippen LogP contribution is -2.05. The molecule has 0 atom stereocenters. The Morgan fingerprint density at radius 1 is 1.46 bits per heavy atom. The van der Waals surface area contributed by atoms with Crippen molar-refractivity contribution in [2.45, 2.75) is 20.8 Å². The second-order valence-electron chi connectivity index (χ2n) is 4.78. The van der Waals surface area contributed by atoms with E-state index in [1.165, 1.54) is 7.05 Å². The lowest BCUT2D eigenvalue weighted by atomic mass is 10.1. The van der Waals surface area contributed by atoms with Gasteiger partial charge in [0.25, 0.3) is 0 Å². The second kappa shape index (κ2) is 12.9. The first-order chi connectivity index (χ1) is 11.4. The zero-order chi connectivity index (χ0) is 18.4. The van der Waals surface area contributed by atoms with Crippen LogP contribution >= 0.6 is 0 Å². The van der Waals surface area contributed by atoms with Crippen molar-refractivity contribution in [2.24, 2.45) is 15.7 Å². The molecule has 0 aliphatic heterocycles. The number of aliphatic imine (C=N–C) groups is 2. The van der Waals surface area contributed by atoms with Crippen LogP contribution in [0.25, 0.3) is 6.08 Å². The van der Waals surface area contributed by atoms with E-state index in [1.54, 1.807) is 37.0 Å². The summed E-state index contributed by atoms with van der Waals surface area (Å²) in [5, 5.41) is 0.503. The summed E-state index contributed by atoms with van der Waals surface area (Å²) in [6, 6.07) is 1.91. The number of pyridine rings is 1. The van der Waals surface area contributed by atoms with Crippen LogP contribution in [-0.4, -0.2) is 36.3 Å². The molecule has 0 aliphatic rings. The van der Waals surface area contributed by atoms with Gasteiger partial charge in [-0.3, -0.25) is 15.0 Å². The van der Waals surface area contributed by atoms with Gasteiger partial charge in [-0.15, -0.1) is 16.2 Å². The predicted octanol–water partition coefficient (Wildman–Crippen LogP) is 3.68. The van der Waals surface area contributed by atoms with Crippen molar-refractivity contribution in [3.05, 3.63) is 59.7 Å². The number of rotatable bonds is 6. The molecule has 1 heterocycles. The highest BCUT2D eigenvalue weighted by atomic mass is 19.2. The summed E-state index contributed by atoms with van der Waals surface area (Å²) in [5.41, 5.74) is 8.85. The van der Waals surface area contributed by atoms with E-state index in [-0.39, 0.29) is 6.67 Å². The van der Waals surface area contributed by atoms with E-state index in [2.05, 4.69) is 21.5 Å². The van der Waals surface area contributed by atoms with Crippen LogP contribution in [0.3, 0.4) is 0 Å². The van der Waals surface area contributed by atoms with Gasteiger partial charge in [0.2, 0.25) is 0 Å². The van der Waals surface area contributed by atoms with Gasteiger partial charge in [-0.25, -0.2) is 0 Å². The Hall–Kier alpha value is -2.60. The minimum absolute atomic E-state index is 0.00971. The van der Waals surface area contributed by atoms with Crippen LogP contribution in [0, 0.1) is 6.92 Å². The Balaban J connectivity index is 0.00000163. The lowest BCUT2D eigenvalue weighted by Gasteiger charge is -2.02. The third-order valence-electron chi connectivity index (χ3n) is 2.50. The number of aryl methyl sites for hydroxylation is 1. The number of nitrogens with zero attached hydrogens (tertiary/aromatic N) is 4. The molecule has 6 heteroatoms. The van der Waals surface area contributed by atoms with E-state index in [0.29, 0.717) is 10.8 Å². The van der Waals surface area contributed by atoms with E-state index < -0.39 is 0 Å². The summed E-state index contributed by atoms with van der Waals surface area (Å²) in [4.78, 5) is 12.2. The van der Waals surface area contributed by atoms with Gasteiger partial charge in [0.15, 0.2) is 0 Å². The van der Waals surface area contributed by atoms with E-state index in [9.17, 15) is 4.48 Å². The molecule has 5 nitrogen and oxygen atoms in total. The number of allylic oxidation sites excluding steroid dienone is 2. The summed E-state index contributed by atoms with van der Waals surface area (Å²) in [5.74, 6) is 0. The summed E-state index contributed by atoms with van der Waals surface area (Å²) >= 11 is 0. The zero-order valence-electron chi connectivity index (χ0n) is 14.8. The van der Waals surface area contributed by atoms with Gasteiger partial charge < -0.3 is 5.73 Å². The molecule has 1 aromatic rings. The molecular formula is C18H26FN5. The molecule has 1 rings (SSSR count). The topological polar surface area (TPSA) is 66.9 Å². The Morgan fingerprint density at radius 2 is 2.12 bits per heavy atom. The first-order valence-electron chi connectivity index (χ1n) is 7.46. The summed E-state index contributed by atoms with van der Waals surface area (Å²) in [6.07, 6.45) is 11.9. The van der Waals surface area contributed by atoms with Gasteiger partial charge in [0, 0.05) is 48.8 Å². The highest BCUT2D eigenvalue weighted by Gasteiger charge is 1.98. The Bertz CT molecular complexity index is 616. The third-order valence-corrected chi connectivity index (χ3v) is 2.50. The molecule has 24 heavy (non-hydrogen) atoms. The van der Waals surface area contributed by atoms with Crippen LogP contribution in [0.4, 0.5) is 4.48 Å². The fourth-order valence-corrected chi connectivity index (χ4v) is 1.44. The molecule has 0 fully saturated rings. The largest absolute Gasteiger partial charge is 0.397 e. The van der Waals surface area contributed by atoms with Crippen molar-refractivity contribution in [1.82, 2.24) is 10.1 Å². The van der Waals surface area contributed by atoms with Gasteiger partial charge in [-0.1, -0.05) is 12.2 Å². The maximum absolute atomic E-state index is 12.6. The van der Waals surface area contributed by atoms with Crippen LogP contribution < -0.4 is 5.73 Å².